The molecule has 1 heterocycles. The van der Waals surface area contributed by atoms with Crippen molar-refractivity contribution in [3.8, 4) is 16.9 Å². The molecule has 150 valence electrons. The predicted molar refractivity (Wildman–Crippen MR) is 118 cm³/mol. The highest BCUT2D eigenvalue weighted by molar-refractivity contribution is 8.01. The molecule has 0 aromatic heterocycles. The van der Waals surface area contributed by atoms with E-state index in [0.717, 1.165) is 22.4 Å². The zero-order chi connectivity index (χ0) is 20.4. The second kappa shape index (κ2) is 8.10. The highest BCUT2D eigenvalue weighted by Gasteiger charge is 2.37. The van der Waals surface area contributed by atoms with Crippen LogP contribution in [0.4, 0.5) is 5.69 Å². The van der Waals surface area contributed by atoms with Gasteiger partial charge in [0.25, 0.3) is 0 Å². The van der Waals surface area contributed by atoms with Gasteiger partial charge in [0, 0.05) is 12.3 Å². The van der Waals surface area contributed by atoms with E-state index in [9.17, 15) is 8.42 Å². The van der Waals surface area contributed by atoms with Gasteiger partial charge in [0.1, 0.15) is 5.75 Å². The van der Waals surface area contributed by atoms with E-state index in [1.807, 2.05) is 48.5 Å². The Morgan fingerprint density at radius 2 is 1.69 bits per heavy atom. The van der Waals surface area contributed by atoms with Gasteiger partial charge in [0.05, 0.1) is 23.1 Å². The van der Waals surface area contributed by atoms with Crippen LogP contribution in [0.1, 0.15) is 10.9 Å². The summed E-state index contributed by atoms with van der Waals surface area (Å²) in [6, 6.07) is 22.4. The van der Waals surface area contributed by atoms with Crippen molar-refractivity contribution in [1.29, 1.82) is 0 Å². The van der Waals surface area contributed by atoms with Crippen LogP contribution in [-0.4, -0.2) is 32.1 Å². The van der Waals surface area contributed by atoms with Gasteiger partial charge in [-0.25, -0.2) is 8.42 Å². The Bertz CT molecular complexity index is 1100. The first-order valence-corrected chi connectivity index (χ1v) is 11.7. The number of rotatable bonds is 5. The minimum absolute atomic E-state index is 0.297. The summed E-state index contributed by atoms with van der Waals surface area (Å²) in [5.41, 5.74) is 9.43. The average Bonchev–Trinajstić information content (AvgIpc) is 3.25. The molecule has 1 aliphatic rings. The molecule has 0 radical (unpaired) electrons. The highest BCUT2D eigenvalue weighted by atomic mass is 32.2. The first kappa shape index (κ1) is 19.8. The molecule has 1 unspecified atom stereocenters. The molecule has 0 amide bonds. The number of hydrogen-bond donors (Lipinski definition) is 1. The summed E-state index contributed by atoms with van der Waals surface area (Å²) in [6.45, 7) is 0.462. The summed E-state index contributed by atoms with van der Waals surface area (Å²) in [5, 5.41) is -0.304. The number of nitrogen functional groups attached to an aromatic ring is 1. The summed E-state index contributed by atoms with van der Waals surface area (Å²) >= 11 is 1.60. The largest absolute Gasteiger partial charge is 0.495 e. The Kier molecular flexibility index (Phi) is 5.54. The molecule has 1 saturated heterocycles. The van der Waals surface area contributed by atoms with Crippen LogP contribution in [0.15, 0.2) is 77.7 Å². The van der Waals surface area contributed by atoms with Crippen molar-refractivity contribution in [2.24, 2.45) is 0 Å². The number of benzene rings is 3. The Balaban J connectivity index is 1.63. The van der Waals surface area contributed by atoms with Gasteiger partial charge in [-0.2, -0.15) is 4.31 Å². The van der Waals surface area contributed by atoms with Crippen molar-refractivity contribution in [3.63, 3.8) is 0 Å². The van der Waals surface area contributed by atoms with Gasteiger partial charge in [-0.05, 0) is 41.0 Å². The molecule has 4 rings (SSSR count). The van der Waals surface area contributed by atoms with Crippen molar-refractivity contribution in [1.82, 2.24) is 4.31 Å². The number of anilines is 1. The van der Waals surface area contributed by atoms with Crippen molar-refractivity contribution in [2.75, 3.05) is 25.1 Å². The maximum Gasteiger partial charge on any atom is 0.244 e. The van der Waals surface area contributed by atoms with Gasteiger partial charge in [0.15, 0.2) is 0 Å². The molecule has 1 atom stereocenters. The smallest absolute Gasteiger partial charge is 0.244 e. The lowest BCUT2D eigenvalue weighted by atomic mass is 10.1. The quantitative estimate of drug-likeness (QED) is 0.613. The van der Waals surface area contributed by atoms with Gasteiger partial charge in [-0.1, -0.05) is 48.5 Å². The van der Waals surface area contributed by atoms with E-state index < -0.39 is 10.0 Å². The second-order valence-corrected chi connectivity index (χ2v) is 9.81. The molecule has 0 aliphatic carbocycles. The van der Waals surface area contributed by atoms with Gasteiger partial charge in [-0.3, -0.25) is 0 Å². The summed E-state index contributed by atoms with van der Waals surface area (Å²) in [4.78, 5) is 0.297. The van der Waals surface area contributed by atoms with E-state index in [1.54, 1.807) is 47.4 Å². The molecular weight excluding hydrogens is 404 g/mol. The highest BCUT2D eigenvalue weighted by Crippen LogP contribution is 2.42. The molecule has 0 spiro atoms. The fourth-order valence-corrected chi connectivity index (χ4v) is 6.69. The molecule has 3 aromatic carbocycles. The lowest BCUT2D eigenvalue weighted by Crippen LogP contribution is -2.30. The fourth-order valence-electron chi connectivity index (χ4n) is 3.46. The third kappa shape index (κ3) is 3.85. The summed E-state index contributed by atoms with van der Waals surface area (Å²) in [6.07, 6.45) is 0. The molecule has 1 aliphatic heterocycles. The number of ether oxygens (including phenoxy) is 1. The number of nitrogens with zero attached hydrogens (tertiary/aromatic N) is 1. The third-order valence-corrected chi connectivity index (χ3v) is 8.23. The molecule has 5 nitrogen and oxygen atoms in total. The van der Waals surface area contributed by atoms with E-state index in [-0.39, 0.29) is 5.37 Å². The monoisotopic (exact) mass is 426 g/mol. The molecule has 0 saturated carbocycles. The van der Waals surface area contributed by atoms with Crippen molar-refractivity contribution in [3.05, 3.63) is 78.4 Å². The van der Waals surface area contributed by atoms with E-state index in [1.165, 1.54) is 0 Å². The van der Waals surface area contributed by atoms with Crippen LogP contribution in [0.5, 0.6) is 5.75 Å². The topological polar surface area (TPSA) is 72.6 Å². The lowest BCUT2D eigenvalue weighted by molar-refractivity contribution is 0.415. The van der Waals surface area contributed by atoms with Gasteiger partial charge in [-0.15, -0.1) is 11.8 Å². The van der Waals surface area contributed by atoms with E-state index in [0.29, 0.717) is 22.9 Å². The molecule has 7 heteroatoms. The standard InChI is InChI=1S/C22H22N2O3S2/c1-27-21-12-9-18(15-20(21)23)22-24(13-14-28-22)29(25,26)19-10-7-17(8-11-19)16-5-3-2-4-6-16/h2-12,15,22H,13-14,23H2,1H3. The number of hydrogen-bond acceptors (Lipinski definition) is 5. The van der Waals surface area contributed by atoms with Crippen molar-refractivity contribution < 1.29 is 13.2 Å². The van der Waals surface area contributed by atoms with Gasteiger partial charge < -0.3 is 10.5 Å². The molecule has 3 aromatic rings. The Morgan fingerprint density at radius 3 is 2.34 bits per heavy atom. The molecular formula is C22H22N2O3S2. The number of thioether (sulfide) groups is 1. The molecule has 29 heavy (non-hydrogen) atoms. The SMILES string of the molecule is COc1ccc(C2SCCN2S(=O)(=O)c2ccc(-c3ccccc3)cc2)cc1N. The summed E-state index contributed by atoms with van der Waals surface area (Å²) in [5.74, 6) is 1.32. The molecule has 0 bridgehead atoms. The maximum absolute atomic E-state index is 13.3. The van der Waals surface area contributed by atoms with Crippen LogP contribution >= 0.6 is 11.8 Å². The van der Waals surface area contributed by atoms with E-state index >= 15 is 0 Å². The summed E-state index contributed by atoms with van der Waals surface area (Å²) < 4.78 is 33.4. The Hall–Kier alpha value is -2.48. The first-order valence-electron chi connectivity index (χ1n) is 9.23. The van der Waals surface area contributed by atoms with Crippen LogP contribution in [0.2, 0.25) is 0 Å². The zero-order valence-corrected chi connectivity index (χ0v) is 17.6. The third-order valence-electron chi connectivity index (χ3n) is 4.96. The first-order chi connectivity index (χ1) is 14.0. The predicted octanol–water partition coefficient (Wildman–Crippen LogP) is 4.38. The average molecular weight is 427 g/mol. The minimum atomic E-state index is -3.62. The number of nitrogens with two attached hydrogens (primary N) is 1. The number of sulfonamides is 1. The normalized spacial score (nSPS) is 17.3. The van der Waals surface area contributed by atoms with E-state index in [4.69, 9.17) is 10.5 Å². The van der Waals surface area contributed by atoms with Crippen LogP contribution in [0, 0.1) is 0 Å². The van der Waals surface area contributed by atoms with Crippen LogP contribution < -0.4 is 10.5 Å². The van der Waals surface area contributed by atoms with E-state index in [2.05, 4.69) is 0 Å². The minimum Gasteiger partial charge on any atom is -0.495 e. The molecule has 2 N–H and O–H groups in total. The lowest BCUT2D eigenvalue weighted by Gasteiger charge is -2.24. The fraction of sp³-hybridized carbons (Fsp3) is 0.182. The molecule has 1 fully saturated rings. The van der Waals surface area contributed by atoms with Crippen LogP contribution in [0.25, 0.3) is 11.1 Å². The Labute approximate surface area is 175 Å². The summed E-state index contributed by atoms with van der Waals surface area (Å²) in [7, 11) is -2.06. The van der Waals surface area contributed by atoms with Crippen molar-refractivity contribution in [2.45, 2.75) is 10.3 Å². The van der Waals surface area contributed by atoms with Gasteiger partial charge in [0.2, 0.25) is 10.0 Å². The van der Waals surface area contributed by atoms with Crippen molar-refractivity contribution >= 4 is 27.5 Å². The maximum atomic E-state index is 13.3. The second-order valence-electron chi connectivity index (χ2n) is 6.73. The Morgan fingerprint density at radius 1 is 1.00 bits per heavy atom. The zero-order valence-electron chi connectivity index (χ0n) is 16.0. The van der Waals surface area contributed by atoms with Crippen LogP contribution in [0.3, 0.4) is 0 Å². The van der Waals surface area contributed by atoms with Crippen LogP contribution in [-0.2, 0) is 10.0 Å². The number of methoxy groups -OCH3 is 1. The van der Waals surface area contributed by atoms with Gasteiger partial charge >= 0.3 is 0 Å².